The number of amides is 1. The summed E-state index contributed by atoms with van der Waals surface area (Å²) in [5, 5.41) is 20.2. The molecule has 0 radical (unpaired) electrons. The molecule has 0 bridgehead atoms. The Labute approximate surface area is 204 Å². The van der Waals surface area contributed by atoms with Crippen LogP contribution in [-0.4, -0.2) is 42.4 Å². The molecule has 3 heterocycles. The lowest BCUT2D eigenvalue weighted by Gasteiger charge is -2.10. The Morgan fingerprint density at radius 3 is 2.81 bits per heavy atom. The van der Waals surface area contributed by atoms with E-state index in [1.54, 1.807) is 16.9 Å². The van der Waals surface area contributed by atoms with Crippen molar-refractivity contribution in [3.8, 4) is 5.75 Å². The summed E-state index contributed by atoms with van der Waals surface area (Å²) in [4.78, 5) is 15.7. The number of ether oxygens (including phenoxy) is 1. The number of nitrogens with one attached hydrogen (secondary N) is 2. The zero-order valence-corrected chi connectivity index (χ0v) is 19.3. The van der Waals surface area contributed by atoms with Crippen LogP contribution in [0.1, 0.15) is 59.0 Å². The zero-order chi connectivity index (χ0) is 25.1. The van der Waals surface area contributed by atoms with Crippen molar-refractivity contribution < 1.29 is 22.7 Å². The van der Waals surface area contributed by atoms with Crippen molar-refractivity contribution in [3.05, 3.63) is 65.2 Å². The molecule has 4 aromatic rings. The van der Waals surface area contributed by atoms with Crippen molar-refractivity contribution in [1.82, 2.24) is 35.5 Å². The number of benzene rings is 1. The fourth-order valence-electron chi connectivity index (χ4n) is 3.95. The summed E-state index contributed by atoms with van der Waals surface area (Å²) in [5.74, 6) is -0.174. The molecule has 5 rings (SSSR count). The van der Waals surface area contributed by atoms with E-state index >= 15 is 0 Å². The van der Waals surface area contributed by atoms with Gasteiger partial charge in [-0.3, -0.25) is 9.48 Å². The second-order valence-corrected chi connectivity index (χ2v) is 8.84. The third kappa shape index (κ3) is 6.18. The van der Waals surface area contributed by atoms with Gasteiger partial charge in [-0.05, 0) is 67.9 Å². The summed E-state index contributed by atoms with van der Waals surface area (Å²) >= 11 is 0. The van der Waals surface area contributed by atoms with E-state index in [1.165, 1.54) is 36.7 Å². The average Bonchev–Trinajstić information content (AvgIpc) is 3.42. The first-order chi connectivity index (χ1) is 17.3. The van der Waals surface area contributed by atoms with Crippen LogP contribution >= 0.6 is 0 Å². The van der Waals surface area contributed by atoms with Gasteiger partial charge in [-0.1, -0.05) is 17.3 Å². The summed E-state index contributed by atoms with van der Waals surface area (Å²) in [6, 6.07) is 9.67. The second kappa shape index (κ2) is 9.96. The molecule has 0 atom stereocenters. The molecule has 0 unspecified atom stereocenters. The summed E-state index contributed by atoms with van der Waals surface area (Å²) in [7, 11) is 0. The van der Waals surface area contributed by atoms with Gasteiger partial charge in [0.05, 0.1) is 11.9 Å². The number of nitrogens with zero attached hydrogens (tertiary/aromatic N) is 5. The maximum Gasteiger partial charge on any atom is 0.573 e. The summed E-state index contributed by atoms with van der Waals surface area (Å²) < 4.78 is 42.6. The standard InChI is InChI=1S/C24H24F3N7O2/c25-24(26,27)36-19-6-3-4-15(10-19)13-28-23(35)21-14-34(33-31-21)9-2-1-5-18-11-17-12-20(16-7-8-16)29-22(17)32-30-18/h3-4,6,10-12,14,16H,1-2,5,7-9,13H2,(H,28,35)(H,29,32). The summed E-state index contributed by atoms with van der Waals surface area (Å²) in [6.07, 6.45) is 1.70. The van der Waals surface area contributed by atoms with Gasteiger partial charge in [-0.2, -0.15) is 5.10 Å². The Balaban J connectivity index is 1.07. The molecule has 2 N–H and O–H groups in total. The highest BCUT2D eigenvalue weighted by atomic mass is 19.4. The highest BCUT2D eigenvalue weighted by Crippen LogP contribution is 2.40. The Hall–Kier alpha value is -3.96. The van der Waals surface area contributed by atoms with E-state index in [-0.39, 0.29) is 18.0 Å². The Bertz CT molecular complexity index is 1360. The van der Waals surface area contributed by atoms with Crippen LogP contribution in [0.5, 0.6) is 5.75 Å². The molecule has 1 aliphatic carbocycles. The zero-order valence-electron chi connectivity index (χ0n) is 19.3. The number of aryl methyl sites for hydroxylation is 2. The molecule has 1 fully saturated rings. The number of aromatic nitrogens is 6. The quantitative estimate of drug-likeness (QED) is 0.315. The topological polar surface area (TPSA) is 111 Å². The van der Waals surface area contributed by atoms with Crippen LogP contribution in [0.2, 0.25) is 0 Å². The van der Waals surface area contributed by atoms with Gasteiger partial charge in [-0.15, -0.1) is 23.4 Å². The van der Waals surface area contributed by atoms with Gasteiger partial charge in [0.1, 0.15) is 5.75 Å². The molecule has 0 spiro atoms. The highest BCUT2D eigenvalue weighted by molar-refractivity contribution is 5.91. The number of rotatable bonds is 10. The van der Waals surface area contributed by atoms with Crippen molar-refractivity contribution in [2.45, 2.75) is 57.5 Å². The highest BCUT2D eigenvalue weighted by Gasteiger charge is 2.31. The van der Waals surface area contributed by atoms with Gasteiger partial charge < -0.3 is 15.0 Å². The van der Waals surface area contributed by atoms with Crippen molar-refractivity contribution >= 4 is 16.9 Å². The number of H-pyrrole nitrogens is 1. The lowest BCUT2D eigenvalue weighted by molar-refractivity contribution is -0.274. The monoisotopic (exact) mass is 499 g/mol. The summed E-state index contributed by atoms with van der Waals surface area (Å²) in [5.41, 5.74) is 3.60. The molecule has 1 saturated carbocycles. The number of unbranched alkanes of at least 4 members (excludes halogenated alkanes) is 1. The minimum atomic E-state index is -4.77. The second-order valence-electron chi connectivity index (χ2n) is 8.84. The van der Waals surface area contributed by atoms with E-state index in [4.69, 9.17) is 0 Å². The minimum Gasteiger partial charge on any atom is -0.406 e. The Morgan fingerprint density at radius 2 is 2.00 bits per heavy atom. The Kier molecular flexibility index (Phi) is 6.57. The molecule has 1 aromatic carbocycles. The van der Waals surface area contributed by atoms with E-state index in [2.05, 4.69) is 47.7 Å². The number of aromatic amines is 1. The number of hydrogen-bond acceptors (Lipinski definition) is 6. The van der Waals surface area contributed by atoms with Crippen molar-refractivity contribution in [2.75, 3.05) is 0 Å². The van der Waals surface area contributed by atoms with Gasteiger partial charge in [0.2, 0.25) is 0 Å². The molecule has 3 aromatic heterocycles. The van der Waals surface area contributed by atoms with Crippen molar-refractivity contribution in [1.29, 1.82) is 0 Å². The molecule has 0 aliphatic heterocycles. The molecule has 1 aliphatic rings. The van der Waals surface area contributed by atoms with Gasteiger partial charge in [-0.25, -0.2) is 0 Å². The number of hydrogen-bond donors (Lipinski definition) is 2. The van der Waals surface area contributed by atoms with Crippen LogP contribution in [0.15, 0.2) is 42.6 Å². The molecule has 0 saturated heterocycles. The van der Waals surface area contributed by atoms with Crippen molar-refractivity contribution in [3.63, 3.8) is 0 Å². The maximum absolute atomic E-state index is 12.4. The van der Waals surface area contributed by atoms with Crippen LogP contribution in [0.4, 0.5) is 13.2 Å². The fourth-order valence-corrected chi connectivity index (χ4v) is 3.95. The van der Waals surface area contributed by atoms with Crippen molar-refractivity contribution in [2.24, 2.45) is 0 Å². The van der Waals surface area contributed by atoms with E-state index < -0.39 is 12.3 Å². The third-order valence-corrected chi connectivity index (χ3v) is 5.89. The summed E-state index contributed by atoms with van der Waals surface area (Å²) in [6.45, 7) is 0.609. The lowest BCUT2D eigenvalue weighted by atomic mass is 10.1. The number of carbonyl (C=O) groups excluding carboxylic acids is 1. The molecule has 1 amide bonds. The Morgan fingerprint density at radius 1 is 1.14 bits per heavy atom. The minimum absolute atomic E-state index is 0.0232. The normalized spacial score (nSPS) is 13.8. The molecule has 36 heavy (non-hydrogen) atoms. The molecular formula is C24H24F3N7O2. The van der Waals surface area contributed by atoms with Crippen LogP contribution in [0.3, 0.4) is 0 Å². The molecular weight excluding hydrogens is 475 g/mol. The lowest BCUT2D eigenvalue weighted by Crippen LogP contribution is -2.23. The fraction of sp³-hybridized carbons (Fsp3) is 0.375. The van der Waals surface area contributed by atoms with E-state index in [9.17, 15) is 18.0 Å². The maximum atomic E-state index is 12.4. The largest absolute Gasteiger partial charge is 0.573 e. The van der Waals surface area contributed by atoms with Crippen LogP contribution in [-0.2, 0) is 19.5 Å². The first kappa shape index (κ1) is 23.8. The number of alkyl halides is 3. The molecule has 12 heteroatoms. The predicted molar refractivity (Wildman–Crippen MR) is 123 cm³/mol. The average molecular weight is 499 g/mol. The van der Waals surface area contributed by atoms with E-state index in [0.717, 1.165) is 36.0 Å². The smallest absolute Gasteiger partial charge is 0.406 e. The first-order valence-corrected chi connectivity index (χ1v) is 11.7. The van der Waals surface area contributed by atoms with Crippen LogP contribution < -0.4 is 10.1 Å². The first-order valence-electron chi connectivity index (χ1n) is 11.7. The van der Waals surface area contributed by atoms with Gasteiger partial charge in [0, 0.05) is 24.2 Å². The number of carbonyl (C=O) groups is 1. The van der Waals surface area contributed by atoms with E-state index in [0.29, 0.717) is 18.0 Å². The third-order valence-electron chi connectivity index (χ3n) is 5.89. The molecule has 188 valence electrons. The van der Waals surface area contributed by atoms with Crippen LogP contribution in [0, 0.1) is 0 Å². The van der Waals surface area contributed by atoms with Crippen LogP contribution in [0.25, 0.3) is 11.0 Å². The van der Waals surface area contributed by atoms with E-state index in [1.807, 2.05) is 0 Å². The van der Waals surface area contributed by atoms with Gasteiger partial charge in [0.15, 0.2) is 11.3 Å². The molecule has 9 nitrogen and oxygen atoms in total. The van der Waals surface area contributed by atoms with Gasteiger partial charge >= 0.3 is 6.36 Å². The predicted octanol–water partition coefficient (Wildman–Crippen LogP) is 4.28. The SMILES string of the molecule is O=C(NCc1cccc(OC(F)(F)F)c1)c1cn(CCCCc2cc3cc(C4CC4)[nH]c3nn2)nn1. The number of halogens is 3. The number of fused-ring (bicyclic) bond motifs is 1. The van der Waals surface area contributed by atoms with Gasteiger partial charge in [0.25, 0.3) is 5.91 Å².